The second-order valence-corrected chi connectivity index (χ2v) is 7.24. The van der Waals surface area contributed by atoms with Gasteiger partial charge in [-0.3, -0.25) is 4.79 Å². The van der Waals surface area contributed by atoms with E-state index >= 15 is 0 Å². The van der Waals surface area contributed by atoms with E-state index in [1.807, 2.05) is 16.8 Å². The van der Waals surface area contributed by atoms with E-state index in [-0.39, 0.29) is 17.9 Å². The van der Waals surface area contributed by atoms with Crippen LogP contribution in [0.4, 0.5) is 0 Å². The lowest BCUT2D eigenvalue weighted by Crippen LogP contribution is -2.38. The maximum absolute atomic E-state index is 12.2. The third kappa shape index (κ3) is 3.17. The zero-order valence-electron chi connectivity index (χ0n) is 11.7. The van der Waals surface area contributed by atoms with Crippen LogP contribution in [-0.4, -0.2) is 29.1 Å². The lowest BCUT2D eigenvalue weighted by Gasteiger charge is -2.26. The van der Waals surface area contributed by atoms with E-state index in [1.165, 1.54) is 11.3 Å². The van der Waals surface area contributed by atoms with Gasteiger partial charge in [-0.1, -0.05) is 12.8 Å². The number of thiophene rings is 1. The van der Waals surface area contributed by atoms with Gasteiger partial charge in [-0.2, -0.15) is 11.3 Å². The molecule has 0 saturated heterocycles. The number of nitrogens with one attached hydrogen (secondary N) is 1. The molecule has 112 valence electrons. The van der Waals surface area contributed by atoms with Crippen LogP contribution < -0.4 is 5.32 Å². The number of amides is 1. The van der Waals surface area contributed by atoms with E-state index in [0.29, 0.717) is 12.2 Å². The fourth-order valence-electron chi connectivity index (χ4n) is 2.77. The van der Waals surface area contributed by atoms with Crippen molar-refractivity contribution in [3.8, 4) is 10.6 Å². The summed E-state index contributed by atoms with van der Waals surface area (Å²) in [6.45, 7) is 0.679. The van der Waals surface area contributed by atoms with Crippen LogP contribution in [0.3, 0.4) is 0 Å². The van der Waals surface area contributed by atoms with Gasteiger partial charge in [-0.05, 0) is 24.3 Å². The first-order valence-electron chi connectivity index (χ1n) is 7.10. The van der Waals surface area contributed by atoms with E-state index in [2.05, 4.69) is 10.3 Å². The largest absolute Gasteiger partial charge is 0.396 e. The number of aliphatic hydroxyl groups is 1. The van der Waals surface area contributed by atoms with Gasteiger partial charge in [0, 0.05) is 28.3 Å². The molecule has 1 amide bonds. The van der Waals surface area contributed by atoms with Crippen LogP contribution in [0.5, 0.6) is 0 Å². The van der Waals surface area contributed by atoms with Gasteiger partial charge in [0.15, 0.2) is 0 Å². The topological polar surface area (TPSA) is 62.2 Å². The molecular weight excluding hydrogens is 304 g/mol. The second kappa shape index (κ2) is 6.25. The molecule has 0 aliphatic heterocycles. The standard InChI is InChI=1S/C15H18N2O2S2/c18-10-15(4-1-2-5-15)9-16-13(19)12-8-21-14(17-12)11-3-6-20-7-11/h3,6-8,18H,1-2,4-5,9-10H2,(H,16,19). The normalized spacial score (nSPS) is 17.0. The van der Waals surface area contributed by atoms with Gasteiger partial charge in [0.25, 0.3) is 5.91 Å². The molecule has 2 aromatic rings. The van der Waals surface area contributed by atoms with Gasteiger partial charge in [-0.25, -0.2) is 4.98 Å². The van der Waals surface area contributed by atoms with Crippen molar-refractivity contribution in [2.24, 2.45) is 5.41 Å². The van der Waals surface area contributed by atoms with Crippen molar-refractivity contribution >= 4 is 28.6 Å². The summed E-state index contributed by atoms with van der Waals surface area (Å²) in [5.41, 5.74) is 1.40. The molecule has 1 fully saturated rings. The zero-order valence-corrected chi connectivity index (χ0v) is 13.3. The van der Waals surface area contributed by atoms with Crippen molar-refractivity contribution in [3.63, 3.8) is 0 Å². The number of thiazole rings is 1. The Balaban J connectivity index is 1.63. The first-order chi connectivity index (χ1) is 10.2. The highest BCUT2D eigenvalue weighted by molar-refractivity contribution is 7.14. The fraction of sp³-hybridized carbons (Fsp3) is 0.467. The van der Waals surface area contributed by atoms with Crippen LogP contribution in [-0.2, 0) is 0 Å². The monoisotopic (exact) mass is 322 g/mol. The Morgan fingerprint density at radius 1 is 1.38 bits per heavy atom. The molecular formula is C15H18N2O2S2. The molecule has 0 radical (unpaired) electrons. The summed E-state index contributed by atoms with van der Waals surface area (Å²) < 4.78 is 0. The quantitative estimate of drug-likeness (QED) is 0.889. The molecule has 1 aliphatic rings. The second-order valence-electron chi connectivity index (χ2n) is 5.60. The van der Waals surface area contributed by atoms with Crippen LogP contribution in [0.1, 0.15) is 36.2 Å². The summed E-state index contributed by atoms with van der Waals surface area (Å²) in [4.78, 5) is 16.6. The summed E-state index contributed by atoms with van der Waals surface area (Å²) >= 11 is 3.10. The minimum atomic E-state index is -0.146. The Labute approximate surface area is 131 Å². The number of hydrogen-bond acceptors (Lipinski definition) is 5. The molecule has 0 bridgehead atoms. The Morgan fingerprint density at radius 3 is 2.86 bits per heavy atom. The van der Waals surface area contributed by atoms with E-state index in [9.17, 15) is 9.90 Å². The van der Waals surface area contributed by atoms with Crippen LogP contribution in [0.2, 0.25) is 0 Å². The van der Waals surface area contributed by atoms with E-state index in [0.717, 1.165) is 36.3 Å². The predicted molar refractivity (Wildman–Crippen MR) is 85.7 cm³/mol. The fourth-order valence-corrected chi connectivity index (χ4v) is 4.28. The molecule has 0 unspecified atom stereocenters. The van der Waals surface area contributed by atoms with Gasteiger partial charge in [0.05, 0.1) is 6.61 Å². The van der Waals surface area contributed by atoms with E-state index < -0.39 is 0 Å². The number of aliphatic hydroxyl groups excluding tert-OH is 1. The van der Waals surface area contributed by atoms with Gasteiger partial charge in [-0.15, -0.1) is 11.3 Å². The smallest absolute Gasteiger partial charge is 0.270 e. The van der Waals surface area contributed by atoms with Gasteiger partial charge in [0.2, 0.25) is 0 Å². The maximum Gasteiger partial charge on any atom is 0.270 e. The number of nitrogens with zero attached hydrogens (tertiary/aromatic N) is 1. The first-order valence-corrected chi connectivity index (χ1v) is 8.92. The first kappa shape index (κ1) is 14.7. The van der Waals surface area contributed by atoms with E-state index in [4.69, 9.17) is 0 Å². The Kier molecular flexibility index (Phi) is 4.37. The van der Waals surface area contributed by atoms with Crippen molar-refractivity contribution in [1.29, 1.82) is 0 Å². The zero-order chi connectivity index (χ0) is 14.7. The lowest BCUT2D eigenvalue weighted by molar-refractivity contribution is 0.0876. The number of aromatic nitrogens is 1. The molecule has 3 rings (SSSR count). The number of carbonyl (C=O) groups excluding carboxylic acids is 1. The third-order valence-electron chi connectivity index (χ3n) is 4.13. The van der Waals surface area contributed by atoms with E-state index in [1.54, 1.807) is 16.7 Å². The molecule has 0 spiro atoms. The van der Waals surface area contributed by atoms with Crippen molar-refractivity contribution in [2.45, 2.75) is 25.7 Å². The summed E-state index contributed by atoms with van der Waals surface area (Å²) in [7, 11) is 0. The Morgan fingerprint density at radius 2 is 2.19 bits per heavy atom. The van der Waals surface area contributed by atoms with Crippen molar-refractivity contribution in [2.75, 3.05) is 13.2 Å². The van der Waals surface area contributed by atoms with Gasteiger partial charge >= 0.3 is 0 Å². The van der Waals surface area contributed by atoms with Crippen LogP contribution in [0.15, 0.2) is 22.2 Å². The van der Waals surface area contributed by atoms with Crippen molar-refractivity contribution in [3.05, 3.63) is 27.9 Å². The van der Waals surface area contributed by atoms with Crippen molar-refractivity contribution < 1.29 is 9.90 Å². The van der Waals surface area contributed by atoms with Crippen LogP contribution >= 0.6 is 22.7 Å². The summed E-state index contributed by atoms with van der Waals surface area (Å²) in [5, 5.41) is 19.2. The maximum atomic E-state index is 12.2. The molecule has 0 atom stereocenters. The highest BCUT2D eigenvalue weighted by Gasteiger charge is 2.33. The molecule has 2 aromatic heterocycles. The van der Waals surface area contributed by atoms with Crippen LogP contribution in [0, 0.1) is 5.41 Å². The number of rotatable bonds is 5. The third-order valence-corrected chi connectivity index (χ3v) is 5.70. The molecule has 21 heavy (non-hydrogen) atoms. The molecule has 2 heterocycles. The van der Waals surface area contributed by atoms with Crippen LogP contribution in [0.25, 0.3) is 10.6 Å². The highest BCUT2D eigenvalue weighted by Crippen LogP contribution is 2.37. The summed E-state index contributed by atoms with van der Waals surface area (Å²) in [5.74, 6) is -0.146. The highest BCUT2D eigenvalue weighted by atomic mass is 32.1. The van der Waals surface area contributed by atoms with Gasteiger partial charge < -0.3 is 10.4 Å². The number of hydrogen-bond donors (Lipinski definition) is 2. The van der Waals surface area contributed by atoms with Gasteiger partial charge in [0.1, 0.15) is 10.7 Å². The van der Waals surface area contributed by atoms with Crippen molar-refractivity contribution in [1.82, 2.24) is 10.3 Å². The SMILES string of the molecule is O=C(NCC1(CO)CCCC1)c1csc(-c2ccsc2)n1. The molecule has 2 N–H and O–H groups in total. The number of carbonyl (C=O) groups is 1. The molecule has 6 heteroatoms. The predicted octanol–water partition coefficient (Wildman–Crippen LogP) is 3.15. The summed E-state index contributed by atoms with van der Waals surface area (Å²) in [6.07, 6.45) is 4.24. The minimum Gasteiger partial charge on any atom is -0.396 e. The summed E-state index contributed by atoms with van der Waals surface area (Å²) in [6, 6.07) is 2.00. The molecule has 4 nitrogen and oxygen atoms in total. The lowest BCUT2D eigenvalue weighted by atomic mass is 9.87. The molecule has 1 saturated carbocycles. The average Bonchev–Trinajstić information content (AvgIpc) is 3.25. The Hall–Kier alpha value is -1.24. The average molecular weight is 322 g/mol. The Bertz CT molecular complexity index is 601. The minimum absolute atomic E-state index is 0.123. The molecule has 1 aliphatic carbocycles. The molecule has 0 aromatic carbocycles.